The number of rotatable bonds is 3. The standard InChI is InChI=1S/C21H21N5O.CH2O2/c1-21(2,3)15-8-6-14(7-9-15)20(27)24-18-13-26-19(23-18)11-10-17(25-26)16-5-4-12-22-16;2-1-3/h4-13,22H,1-3H3,(H,24,27);1H,(H,2,3). The summed E-state index contributed by atoms with van der Waals surface area (Å²) >= 11 is 0. The molecule has 1 aromatic carbocycles. The molecule has 0 unspecified atom stereocenters. The zero-order valence-corrected chi connectivity index (χ0v) is 17.0. The Morgan fingerprint density at radius 2 is 1.83 bits per heavy atom. The number of carbonyl (C=O) groups is 2. The summed E-state index contributed by atoms with van der Waals surface area (Å²) in [4.78, 5) is 28.4. The van der Waals surface area contributed by atoms with Crippen LogP contribution in [0.25, 0.3) is 17.0 Å². The van der Waals surface area contributed by atoms with Crippen LogP contribution in [-0.4, -0.2) is 37.1 Å². The number of aromatic nitrogens is 4. The smallest absolute Gasteiger partial charge is 0.290 e. The summed E-state index contributed by atoms with van der Waals surface area (Å²) in [5.41, 5.74) is 4.24. The number of carboxylic acid groups (broad SMARTS) is 1. The molecule has 3 heterocycles. The molecule has 0 bridgehead atoms. The Hall–Kier alpha value is -3.94. The van der Waals surface area contributed by atoms with Crippen LogP contribution in [0.3, 0.4) is 0 Å². The summed E-state index contributed by atoms with van der Waals surface area (Å²) in [7, 11) is 0. The van der Waals surface area contributed by atoms with E-state index >= 15 is 0 Å². The van der Waals surface area contributed by atoms with Crippen molar-refractivity contribution in [2.45, 2.75) is 26.2 Å². The molecule has 8 nitrogen and oxygen atoms in total. The van der Waals surface area contributed by atoms with E-state index in [2.05, 4.69) is 41.2 Å². The van der Waals surface area contributed by atoms with Crippen molar-refractivity contribution in [1.29, 1.82) is 0 Å². The number of H-pyrrole nitrogens is 1. The topological polar surface area (TPSA) is 112 Å². The van der Waals surface area contributed by atoms with Crippen molar-refractivity contribution in [3.63, 3.8) is 0 Å². The first kappa shape index (κ1) is 20.8. The van der Waals surface area contributed by atoms with E-state index in [1.807, 2.05) is 54.7 Å². The normalized spacial score (nSPS) is 10.9. The lowest BCUT2D eigenvalue weighted by Gasteiger charge is -2.18. The van der Waals surface area contributed by atoms with Crippen LogP contribution in [-0.2, 0) is 10.2 Å². The molecule has 0 aliphatic heterocycles. The molecule has 0 fully saturated rings. The van der Waals surface area contributed by atoms with Crippen LogP contribution in [0.5, 0.6) is 0 Å². The Balaban J connectivity index is 0.000000806. The van der Waals surface area contributed by atoms with Gasteiger partial charge in [0.25, 0.3) is 12.4 Å². The number of aromatic amines is 1. The molecule has 154 valence electrons. The highest BCUT2D eigenvalue weighted by molar-refractivity contribution is 6.03. The minimum atomic E-state index is -0.250. The van der Waals surface area contributed by atoms with Crippen molar-refractivity contribution >= 4 is 23.8 Å². The summed E-state index contributed by atoms with van der Waals surface area (Å²) in [6.45, 7) is 6.19. The second-order valence-corrected chi connectivity index (χ2v) is 7.62. The van der Waals surface area contributed by atoms with E-state index in [-0.39, 0.29) is 17.8 Å². The van der Waals surface area contributed by atoms with Crippen molar-refractivity contribution in [2.75, 3.05) is 5.32 Å². The molecule has 8 heteroatoms. The van der Waals surface area contributed by atoms with E-state index in [0.717, 1.165) is 11.4 Å². The largest absolute Gasteiger partial charge is 0.483 e. The van der Waals surface area contributed by atoms with Gasteiger partial charge in [-0.1, -0.05) is 32.9 Å². The third-order valence-electron chi connectivity index (χ3n) is 4.45. The van der Waals surface area contributed by atoms with Crippen molar-refractivity contribution in [2.24, 2.45) is 0 Å². The molecular weight excluding hydrogens is 382 g/mol. The lowest BCUT2D eigenvalue weighted by Crippen LogP contribution is -2.14. The van der Waals surface area contributed by atoms with Gasteiger partial charge in [-0.05, 0) is 47.4 Å². The van der Waals surface area contributed by atoms with E-state index in [1.54, 1.807) is 10.7 Å². The summed E-state index contributed by atoms with van der Waals surface area (Å²) in [6, 6.07) is 15.3. The lowest BCUT2D eigenvalue weighted by atomic mass is 9.87. The maximum atomic E-state index is 12.5. The average molecular weight is 405 g/mol. The van der Waals surface area contributed by atoms with Crippen LogP contribution in [0.2, 0.25) is 0 Å². The van der Waals surface area contributed by atoms with Gasteiger partial charge in [0.05, 0.1) is 11.9 Å². The Kier molecular flexibility index (Phi) is 5.96. The monoisotopic (exact) mass is 405 g/mol. The minimum Gasteiger partial charge on any atom is -0.483 e. The van der Waals surface area contributed by atoms with Crippen LogP contribution in [0.1, 0.15) is 36.7 Å². The molecule has 3 N–H and O–H groups in total. The van der Waals surface area contributed by atoms with Gasteiger partial charge in [-0.25, -0.2) is 9.50 Å². The Bertz CT molecular complexity index is 1140. The third-order valence-corrected chi connectivity index (χ3v) is 4.45. The second kappa shape index (κ2) is 8.60. The van der Waals surface area contributed by atoms with Crippen LogP contribution in [0.15, 0.2) is 60.9 Å². The van der Waals surface area contributed by atoms with Gasteiger partial charge in [0, 0.05) is 11.8 Å². The van der Waals surface area contributed by atoms with Crippen LogP contribution in [0, 0.1) is 0 Å². The Morgan fingerprint density at radius 3 is 2.43 bits per heavy atom. The SMILES string of the molecule is CC(C)(C)c1ccc(C(=O)Nc2cn3nc(-c4ccc[nH]4)ccc3n2)cc1.O=CO. The van der Waals surface area contributed by atoms with Crippen LogP contribution >= 0.6 is 0 Å². The van der Waals surface area contributed by atoms with Gasteiger partial charge in [-0.3, -0.25) is 9.59 Å². The van der Waals surface area contributed by atoms with Crippen molar-refractivity contribution < 1.29 is 14.7 Å². The summed E-state index contributed by atoms with van der Waals surface area (Å²) < 4.78 is 1.66. The molecule has 0 aliphatic rings. The molecule has 0 aliphatic carbocycles. The number of hydrogen-bond donors (Lipinski definition) is 3. The second-order valence-electron chi connectivity index (χ2n) is 7.62. The summed E-state index contributed by atoms with van der Waals surface area (Å²) in [5, 5.41) is 14.3. The predicted octanol–water partition coefficient (Wildman–Crippen LogP) is 3.98. The predicted molar refractivity (Wildman–Crippen MR) is 115 cm³/mol. The molecule has 1 amide bonds. The highest BCUT2D eigenvalue weighted by atomic mass is 16.3. The molecule has 0 spiro atoms. The zero-order valence-electron chi connectivity index (χ0n) is 17.0. The minimum absolute atomic E-state index is 0.0547. The Labute approximate surface area is 173 Å². The molecule has 0 saturated carbocycles. The number of nitrogens with one attached hydrogen (secondary N) is 2. The molecule has 30 heavy (non-hydrogen) atoms. The van der Waals surface area contributed by atoms with Crippen molar-refractivity contribution in [3.05, 3.63) is 72.1 Å². The van der Waals surface area contributed by atoms with Crippen LogP contribution < -0.4 is 5.32 Å². The van der Waals surface area contributed by atoms with Crippen molar-refractivity contribution in [1.82, 2.24) is 19.6 Å². The number of hydrogen-bond acceptors (Lipinski definition) is 4. The van der Waals surface area contributed by atoms with E-state index < -0.39 is 0 Å². The summed E-state index contributed by atoms with van der Waals surface area (Å²) in [5.74, 6) is 0.277. The number of amides is 1. The fraction of sp³-hybridized carbons (Fsp3) is 0.182. The fourth-order valence-electron chi connectivity index (χ4n) is 2.89. The first-order valence-electron chi connectivity index (χ1n) is 9.32. The van der Waals surface area contributed by atoms with Gasteiger partial charge in [0.1, 0.15) is 5.69 Å². The molecule has 0 atom stereocenters. The van der Waals surface area contributed by atoms with Gasteiger partial charge in [0.2, 0.25) is 0 Å². The maximum Gasteiger partial charge on any atom is 0.290 e. The molecule has 4 rings (SSSR count). The van der Waals surface area contributed by atoms with E-state index in [0.29, 0.717) is 17.0 Å². The maximum absolute atomic E-state index is 12.5. The average Bonchev–Trinajstić information content (AvgIpc) is 3.37. The van der Waals surface area contributed by atoms with Gasteiger partial charge in [0.15, 0.2) is 11.5 Å². The molecule has 0 radical (unpaired) electrons. The van der Waals surface area contributed by atoms with Crippen molar-refractivity contribution in [3.8, 4) is 11.4 Å². The Morgan fingerprint density at radius 1 is 1.13 bits per heavy atom. The fourth-order valence-corrected chi connectivity index (χ4v) is 2.89. The van der Waals surface area contributed by atoms with Gasteiger partial charge in [-0.2, -0.15) is 5.10 Å². The number of anilines is 1. The van der Waals surface area contributed by atoms with Crippen LogP contribution in [0.4, 0.5) is 5.82 Å². The van der Waals surface area contributed by atoms with E-state index in [9.17, 15) is 4.79 Å². The van der Waals surface area contributed by atoms with Gasteiger partial charge < -0.3 is 15.4 Å². The molecule has 3 aromatic heterocycles. The van der Waals surface area contributed by atoms with Gasteiger partial charge in [-0.15, -0.1) is 0 Å². The number of nitrogens with zero attached hydrogens (tertiary/aromatic N) is 3. The molecular formula is C22H23N5O3. The quantitative estimate of drug-likeness (QED) is 0.446. The van der Waals surface area contributed by atoms with Gasteiger partial charge >= 0.3 is 0 Å². The summed E-state index contributed by atoms with van der Waals surface area (Å²) in [6.07, 6.45) is 3.56. The van der Waals surface area contributed by atoms with E-state index in [1.165, 1.54) is 5.56 Å². The third kappa shape index (κ3) is 4.72. The first-order chi connectivity index (χ1) is 14.3. The number of benzene rings is 1. The van der Waals surface area contributed by atoms with E-state index in [4.69, 9.17) is 9.90 Å². The zero-order chi connectivity index (χ0) is 21.7. The lowest BCUT2D eigenvalue weighted by molar-refractivity contribution is -0.122. The number of fused-ring (bicyclic) bond motifs is 1. The highest BCUT2D eigenvalue weighted by Crippen LogP contribution is 2.22. The number of carbonyl (C=O) groups excluding carboxylic acids is 1. The first-order valence-corrected chi connectivity index (χ1v) is 9.32. The molecule has 4 aromatic rings. The highest BCUT2D eigenvalue weighted by Gasteiger charge is 2.15. The number of imidazole rings is 1. The molecule has 0 saturated heterocycles.